The standard InChI is InChI=1S/C32H30N2O7/c1-3-39-30-18-26(14-16-28(30)41-20-22-7-5-4-6-8-22)31(35)34-33-19-24-11-15-27(29(17-24)38-2)40-21-23-9-12-25(13-10-23)32(36)37/h4-19H,3,20-21H2,1-2H3,(H,34,35)(H,36,37)/b33-19+. The monoisotopic (exact) mass is 554 g/mol. The molecule has 0 saturated carbocycles. The van der Waals surface area contributed by atoms with Crippen LogP contribution < -0.4 is 24.4 Å². The van der Waals surface area contributed by atoms with Gasteiger partial charge in [-0.3, -0.25) is 4.79 Å². The van der Waals surface area contributed by atoms with Gasteiger partial charge in [-0.05, 0) is 72.1 Å². The Morgan fingerprint density at radius 1 is 0.756 bits per heavy atom. The molecule has 0 radical (unpaired) electrons. The number of carboxylic acids is 1. The van der Waals surface area contributed by atoms with Crippen molar-refractivity contribution in [2.45, 2.75) is 20.1 Å². The minimum atomic E-state index is -0.982. The van der Waals surface area contributed by atoms with Crippen molar-refractivity contribution >= 4 is 18.1 Å². The highest BCUT2D eigenvalue weighted by Crippen LogP contribution is 2.30. The van der Waals surface area contributed by atoms with Crippen LogP contribution in [0.2, 0.25) is 0 Å². The first kappa shape index (κ1) is 28.7. The molecule has 0 aliphatic carbocycles. The molecule has 0 heterocycles. The number of hydrogen-bond acceptors (Lipinski definition) is 7. The molecule has 0 unspecified atom stereocenters. The lowest BCUT2D eigenvalue weighted by atomic mass is 10.1. The zero-order valence-electron chi connectivity index (χ0n) is 22.7. The third-order valence-corrected chi connectivity index (χ3v) is 5.91. The summed E-state index contributed by atoms with van der Waals surface area (Å²) in [6, 6.07) is 26.4. The molecule has 41 heavy (non-hydrogen) atoms. The molecule has 0 bridgehead atoms. The number of nitrogens with zero attached hydrogens (tertiary/aromatic N) is 1. The Balaban J connectivity index is 1.35. The van der Waals surface area contributed by atoms with Crippen molar-refractivity contribution in [3.63, 3.8) is 0 Å². The van der Waals surface area contributed by atoms with Crippen LogP contribution in [-0.4, -0.2) is 36.9 Å². The first-order chi connectivity index (χ1) is 20.0. The zero-order valence-corrected chi connectivity index (χ0v) is 22.7. The van der Waals surface area contributed by atoms with Crippen LogP contribution >= 0.6 is 0 Å². The number of methoxy groups -OCH3 is 1. The summed E-state index contributed by atoms with van der Waals surface area (Å²) in [7, 11) is 1.52. The molecule has 9 heteroatoms. The lowest BCUT2D eigenvalue weighted by Crippen LogP contribution is -2.17. The molecule has 4 aromatic carbocycles. The van der Waals surface area contributed by atoms with E-state index in [1.807, 2.05) is 37.3 Å². The number of benzene rings is 4. The minimum absolute atomic E-state index is 0.210. The summed E-state index contributed by atoms with van der Waals surface area (Å²) in [6.07, 6.45) is 1.50. The van der Waals surface area contributed by atoms with Gasteiger partial charge in [0, 0.05) is 5.56 Å². The van der Waals surface area contributed by atoms with Gasteiger partial charge in [0.25, 0.3) is 5.91 Å². The lowest BCUT2D eigenvalue weighted by Gasteiger charge is -2.13. The van der Waals surface area contributed by atoms with E-state index in [0.717, 1.165) is 11.1 Å². The molecular weight excluding hydrogens is 524 g/mol. The second kappa shape index (κ2) is 14.2. The average molecular weight is 555 g/mol. The fraction of sp³-hybridized carbons (Fsp3) is 0.156. The van der Waals surface area contributed by atoms with Gasteiger partial charge in [-0.1, -0.05) is 42.5 Å². The Labute approximate surface area is 238 Å². The van der Waals surface area contributed by atoms with Crippen LogP contribution in [0.5, 0.6) is 23.0 Å². The first-order valence-electron chi connectivity index (χ1n) is 12.9. The fourth-order valence-electron chi connectivity index (χ4n) is 3.79. The molecule has 0 spiro atoms. The summed E-state index contributed by atoms with van der Waals surface area (Å²) < 4.78 is 22.9. The summed E-state index contributed by atoms with van der Waals surface area (Å²) in [6.45, 7) is 2.90. The van der Waals surface area contributed by atoms with Gasteiger partial charge >= 0.3 is 5.97 Å². The Bertz CT molecular complexity index is 1500. The van der Waals surface area contributed by atoms with Crippen LogP contribution in [-0.2, 0) is 13.2 Å². The maximum absolute atomic E-state index is 12.7. The summed E-state index contributed by atoms with van der Waals surface area (Å²) in [4.78, 5) is 23.8. The molecule has 9 nitrogen and oxygen atoms in total. The largest absolute Gasteiger partial charge is 0.493 e. The molecule has 210 valence electrons. The molecule has 0 saturated heterocycles. The zero-order chi connectivity index (χ0) is 29.0. The third kappa shape index (κ3) is 8.09. The molecule has 4 rings (SSSR count). The Kier molecular flexibility index (Phi) is 9.92. The van der Waals surface area contributed by atoms with Crippen LogP contribution in [0.25, 0.3) is 0 Å². The number of aromatic carboxylic acids is 1. The highest BCUT2D eigenvalue weighted by molar-refractivity contribution is 5.95. The van der Waals surface area contributed by atoms with Gasteiger partial charge < -0.3 is 24.1 Å². The van der Waals surface area contributed by atoms with Crippen LogP contribution in [0.1, 0.15) is 44.3 Å². The van der Waals surface area contributed by atoms with Crippen molar-refractivity contribution < 1.29 is 33.6 Å². The van der Waals surface area contributed by atoms with Crippen molar-refractivity contribution in [3.05, 3.63) is 119 Å². The van der Waals surface area contributed by atoms with Gasteiger partial charge in [0.1, 0.15) is 13.2 Å². The minimum Gasteiger partial charge on any atom is -0.493 e. The smallest absolute Gasteiger partial charge is 0.335 e. The quantitative estimate of drug-likeness (QED) is 0.161. The number of rotatable bonds is 13. The van der Waals surface area contributed by atoms with Gasteiger partial charge in [0.15, 0.2) is 23.0 Å². The summed E-state index contributed by atoms with van der Waals surface area (Å²) >= 11 is 0. The van der Waals surface area contributed by atoms with Crippen molar-refractivity contribution in [2.75, 3.05) is 13.7 Å². The highest BCUT2D eigenvalue weighted by Gasteiger charge is 2.12. The maximum Gasteiger partial charge on any atom is 0.335 e. The number of hydrazone groups is 1. The molecule has 1 amide bonds. The van der Waals surface area contributed by atoms with Crippen molar-refractivity contribution in [3.8, 4) is 23.0 Å². The predicted octanol–water partition coefficient (Wildman–Crippen LogP) is 5.71. The van der Waals surface area contributed by atoms with Gasteiger partial charge in [0.2, 0.25) is 0 Å². The molecular formula is C32H30N2O7. The Hall–Kier alpha value is -5.31. The number of carbonyl (C=O) groups excluding carboxylic acids is 1. The molecule has 0 fully saturated rings. The first-order valence-corrected chi connectivity index (χ1v) is 12.9. The second-order valence-electron chi connectivity index (χ2n) is 8.77. The molecule has 2 N–H and O–H groups in total. The van der Waals surface area contributed by atoms with E-state index in [1.54, 1.807) is 48.5 Å². The van der Waals surface area contributed by atoms with Crippen molar-refractivity contribution in [2.24, 2.45) is 5.10 Å². The molecule has 0 aliphatic rings. The van der Waals surface area contributed by atoms with E-state index in [1.165, 1.54) is 25.5 Å². The van der Waals surface area contributed by atoms with Gasteiger partial charge in [0.05, 0.1) is 25.5 Å². The third-order valence-electron chi connectivity index (χ3n) is 5.91. The number of nitrogens with one attached hydrogen (secondary N) is 1. The van der Waals surface area contributed by atoms with E-state index in [9.17, 15) is 9.59 Å². The summed E-state index contributed by atoms with van der Waals surface area (Å²) in [5.74, 6) is 0.618. The van der Waals surface area contributed by atoms with Crippen LogP contribution in [0.4, 0.5) is 0 Å². The number of ether oxygens (including phenoxy) is 4. The molecule has 4 aromatic rings. The van der Waals surface area contributed by atoms with E-state index in [-0.39, 0.29) is 12.2 Å². The van der Waals surface area contributed by atoms with E-state index in [0.29, 0.717) is 47.3 Å². The summed E-state index contributed by atoms with van der Waals surface area (Å²) in [5.41, 5.74) is 5.62. The molecule has 0 atom stereocenters. The Morgan fingerprint density at radius 3 is 2.05 bits per heavy atom. The number of carbonyl (C=O) groups is 2. The number of amides is 1. The average Bonchev–Trinajstić information content (AvgIpc) is 3.00. The lowest BCUT2D eigenvalue weighted by molar-refractivity contribution is 0.0696. The number of hydrogen-bond donors (Lipinski definition) is 2. The van der Waals surface area contributed by atoms with E-state index in [2.05, 4.69) is 10.5 Å². The normalized spacial score (nSPS) is 10.7. The van der Waals surface area contributed by atoms with Crippen LogP contribution in [0, 0.1) is 0 Å². The predicted molar refractivity (Wildman–Crippen MR) is 154 cm³/mol. The van der Waals surface area contributed by atoms with Gasteiger partial charge in [-0.2, -0.15) is 5.10 Å². The summed E-state index contributed by atoms with van der Waals surface area (Å²) in [5, 5.41) is 13.1. The van der Waals surface area contributed by atoms with E-state index >= 15 is 0 Å². The highest BCUT2D eigenvalue weighted by atomic mass is 16.5. The van der Waals surface area contributed by atoms with Gasteiger partial charge in [-0.25, -0.2) is 10.2 Å². The fourth-order valence-corrected chi connectivity index (χ4v) is 3.79. The Morgan fingerprint density at radius 2 is 1.39 bits per heavy atom. The van der Waals surface area contributed by atoms with E-state index < -0.39 is 11.9 Å². The van der Waals surface area contributed by atoms with Crippen LogP contribution in [0.3, 0.4) is 0 Å². The van der Waals surface area contributed by atoms with Gasteiger partial charge in [-0.15, -0.1) is 0 Å². The number of carboxylic acid groups (broad SMARTS) is 1. The van der Waals surface area contributed by atoms with E-state index in [4.69, 9.17) is 24.1 Å². The van der Waals surface area contributed by atoms with Crippen LogP contribution in [0.15, 0.2) is 96.1 Å². The maximum atomic E-state index is 12.7. The van der Waals surface area contributed by atoms with Crippen molar-refractivity contribution in [1.29, 1.82) is 0 Å². The topological polar surface area (TPSA) is 116 Å². The SMILES string of the molecule is CCOc1cc(C(=O)N/N=C/c2ccc(OCc3ccc(C(=O)O)cc3)c(OC)c2)ccc1OCc1ccccc1. The molecule has 0 aliphatic heterocycles. The van der Waals surface area contributed by atoms with Crippen molar-refractivity contribution in [1.82, 2.24) is 5.43 Å². The molecule has 0 aromatic heterocycles. The second-order valence-corrected chi connectivity index (χ2v) is 8.77.